The highest BCUT2D eigenvalue weighted by Gasteiger charge is 2.10. The molecule has 1 heterocycles. The number of hydrogen-bond donors (Lipinski definition) is 2. The van der Waals surface area contributed by atoms with Crippen LogP contribution < -0.4 is 10.6 Å². The largest absolute Gasteiger partial charge is 0.340 e. The molecule has 0 atom stereocenters. The van der Waals surface area contributed by atoms with E-state index in [2.05, 4.69) is 15.6 Å². The number of nitrogens with one attached hydrogen (secondary N) is 2. The second-order valence-electron chi connectivity index (χ2n) is 6.06. The highest BCUT2D eigenvalue weighted by molar-refractivity contribution is 6.31. The lowest BCUT2D eigenvalue weighted by molar-refractivity contribution is 0.101. The SMILES string of the molecule is CC(=O)c1cccc(Nc2cc(C(=O)Nc3cccc(Cl)c3C)ccn2)c1. The monoisotopic (exact) mass is 379 g/mol. The van der Waals surface area contributed by atoms with Crippen LogP contribution in [0.15, 0.2) is 60.8 Å². The van der Waals surface area contributed by atoms with Crippen molar-refractivity contribution in [3.05, 3.63) is 82.5 Å². The molecule has 0 aliphatic carbocycles. The molecule has 0 aliphatic heterocycles. The molecule has 0 saturated heterocycles. The molecule has 0 bridgehead atoms. The van der Waals surface area contributed by atoms with Gasteiger partial charge in [-0.25, -0.2) is 4.98 Å². The third-order valence-electron chi connectivity index (χ3n) is 4.08. The van der Waals surface area contributed by atoms with E-state index in [-0.39, 0.29) is 11.7 Å². The first-order chi connectivity index (χ1) is 12.9. The summed E-state index contributed by atoms with van der Waals surface area (Å²) >= 11 is 6.10. The Morgan fingerprint density at radius 2 is 1.78 bits per heavy atom. The van der Waals surface area contributed by atoms with E-state index in [1.807, 2.05) is 13.0 Å². The quantitative estimate of drug-likeness (QED) is 0.594. The van der Waals surface area contributed by atoms with Gasteiger partial charge >= 0.3 is 0 Å². The Morgan fingerprint density at radius 1 is 1.00 bits per heavy atom. The van der Waals surface area contributed by atoms with E-state index in [1.54, 1.807) is 54.7 Å². The minimum Gasteiger partial charge on any atom is -0.340 e. The van der Waals surface area contributed by atoms with Crippen molar-refractivity contribution in [1.29, 1.82) is 0 Å². The van der Waals surface area contributed by atoms with E-state index in [1.165, 1.54) is 6.92 Å². The highest BCUT2D eigenvalue weighted by Crippen LogP contribution is 2.24. The van der Waals surface area contributed by atoms with Gasteiger partial charge in [-0.05, 0) is 55.8 Å². The Morgan fingerprint density at radius 3 is 2.56 bits per heavy atom. The van der Waals surface area contributed by atoms with E-state index in [9.17, 15) is 9.59 Å². The fourth-order valence-electron chi connectivity index (χ4n) is 2.54. The van der Waals surface area contributed by atoms with Gasteiger partial charge in [0.25, 0.3) is 5.91 Å². The summed E-state index contributed by atoms with van der Waals surface area (Å²) in [6, 6.07) is 15.7. The normalized spacial score (nSPS) is 10.3. The van der Waals surface area contributed by atoms with Crippen LogP contribution in [-0.4, -0.2) is 16.7 Å². The summed E-state index contributed by atoms with van der Waals surface area (Å²) in [5.74, 6) is 0.228. The average molecular weight is 380 g/mol. The minimum absolute atomic E-state index is 0.0170. The molecule has 3 rings (SSSR count). The van der Waals surface area contributed by atoms with Gasteiger partial charge < -0.3 is 10.6 Å². The van der Waals surface area contributed by atoms with Crippen LogP contribution >= 0.6 is 11.6 Å². The number of aromatic nitrogens is 1. The molecular weight excluding hydrogens is 362 g/mol. The van der Waals surface area contributed by atoms with Crippen LogP contribution in [0.25, 0.3) is 0 Å². The van der Waals surface area contributed by atoms with E-state index in [4.69, 9.17) is 11.6 Å². The zero-order valence-electron chi connectivity index (χ0n) is 14.9. The topological polar surface area (TPSA) is 71.1 Å². The van der Waals surface area contributed by atoms with Gasteiger partial charge in [-0.1, -0.05) is 29.8 Å². The number of halogens is 1. The number of benzene rings is 2. The summed E-state index contributed by atoms with van der Waals surface area (Å²) < 4.78 is 0. The van der Waals surface area contributed by atoms with Crippen molar-refractivity contribution < 1.29 is 9.59 Å². The van der Waals surface area contributed by atoms with Gasteiger partial charge in [-0.2, -0.15) is 0 Å². The number of carbonyl (C=O) groups excluding carboxylic acids is 2. The number of ketones is 1. The summed E-state index contributed by atoms with van der Waals surface area (Å²) in [5.41, 5.74) is 3.24. The van der Waals surface area contributed by atoms with E-state index < -0.39 is 0 Å². The van der Waals surface area contributed by atoms with Crippen molar-refractivity contribution in [3.63, 3.8) is 0 Å². The number of rotatable bonds is 5. The van der Waals surface area contributed by atoms with Gasteiger partial charge in [0.2, 0.25) is 0 Å². The van der Waals surface area contributed by atoms with Crippen molar-refractivity contribution >= 4 is 40.5 Å². The van der Waals surface area contributed by atoms with Crippen molar-refractivity contribution in [2.75, 3.05) is 10.6 Å². The third kappa shape index (κ3) is 4.51. The Kier molecular flexibility index (Phi) is 5.52. The van der Waals surface area contributed by atoms with Crippen LogP contribution in [-0.2, 0) is 0 Å². The van der Waals surface area contributed by atoms with E-state index in [0.717, 1.165) is 11.3 Å². The number of anilines is 3. The van der Waals surface area contributed by atoms with Gasteiger partial charge in [-0.3, -0.25) is 9.59 Å². The summed E-state index contributed by atoms with van der Waals surface area (Å²) in [4.78, 5) is 28.3. The van der Waals surface area contributed by atoms with Crippen LogP contribution in [0, 0.1) is 6.92 Å². The lowest BCUT2D eigenvalue weighted by Gasteiger charge is -2.11. The van der Waals surface area contributed by atoms with Crippen LogP contribution in [0.1, 0.15) is 33.2 Å². The molecule has 0 spiro atoms. The van der Waals surface area contributed by atoms with Gasteiger partial charge in [0, 0.05) is 33.7 Å². The Bertz CT molecular complexity index is 1020. The number of carbonyl (C=O) groups is 2. The van der Waals surface area contributed by atoms with Gasteiger partial charge in [0.1, 0.15) is 5.82 Å². The van der Waals surface area contributed by atoms with Crippen LogP contribution in [0.4, 0.5) is 17.2 Å². The molecular formula is C21H18ClN3O2. The fourth-order valence-corrected chi connectivity index (χ4v) is 2.72. The molecule has 3 aromatic rings. The van der Waals surface area contributed by atoms with Crippen molar-refractivity contribution in [2.24, 2.45) is 0 Å². The zero-order chi connectivity index (χ0) is 19.4. The molecule has 5 nitrogen and oxygen atoms in total. The number of Topliss-reactive ketones (excluding diaryl/α,β-unsaturated/α-hetero) is 1. The van der Waals surface area contributed by atoms with E-state index >= 15 is 0 Å². The predicted octanol–water partition coefficient (Wildman–Crippen LogP) is 5.24. The lowest BCUT2D eigenvalue weighted by Crippen LogP contribution is -2.13. The number of pyridine rings is 1. The molecule has 0 fully saturated rings. The maximum atomic E-state index is 12.6. The zero-order valence-corrected chi connectivity index (χ0v) is 15.7. The number of hydrogen-bond acceptors (Lipinski definition) is 4. The van der Waals surface area contributed by atoms with Gasteiger partial charge in [0.05, 0.1) is 0 Å². The molecule has 136 valence electrons. The molecule has 0 unspecified atom stereocenters. The number of nitrogens with zero attached hydrogens (tertiary/aromatic N) is 1. The molecule has 2 N–H and O–H groups in total. The molecule has 27 heavy (non-hydrogen) atoms. The van der Waals surface area contributed by atoms with Gasteiger partial charge in [0.15, 0.2) is 5.78 Å². The molecule has 6 heteroatoms. The molecule has 0 aliphatic rings. The first kappa shape index (κ1) is 18.6. The average Bonchev–Trinajstić information content (AvgIpc) is 2.66. The summed E-state index contributed by atoms with van der Waals surface area (Å²) in [6.07, 6.45) is 1.55. The summed E-state index contributed by atoms with van der Waals surface area (Å²) in [6.45, 7) is 3.36. The highest BCUT2D eigenvalue weighted by atomic mass is 35.5. The number of amides is 1. The second kappa shape index (κ2) is 8.01. The van der Waals surface area contributed by atoms with Crippen LogP contribution in [0.2, 0.25) is 5.02 Å². The maximum Gasteiger partial charge on any atom is 0.255 e. The first-order valence-electron chi connectivity index (χ1n) is 8.34. The smallest absolute Gasteiger partial charge is 0.255 e. The van der Waals surface area contributed by atoms with Gasteiger partial charge in [-0.15, -0.1) is 0 Å². The molecule has 0 saturated carbocycles. The Labute approximate surface area is 162 Å². The minimum atomic E-state index is -0.261. The summed E-state index contributed by atoms with van der Waals surface area (Å²) in [7, 11) is 0. The van der Waals surface area contributed by atoms with Crippen molar-refractivity contribution in [2.45, 2.75) is 13.8 Å². The first-order valence-corrected chi connectivity index (χ1v) is 8.72. The molecule has 1 aromatic heterocycles. The molecule has 2 aromatic carbocycles. The van der Waals surface area contributed by atoms with Crippen LogP contribution in [0.3, 0.4) is 0 Å². The lowest BCUT2D eigenvalue weighted by atomic mass is 10.1. The fraction of sp³-hybridized carbons (Fsp3) is 0.0952. The maximum absolute atomic E-state index is 12.6. The Hall–Kier alpha value is -3.18. The second-order valence-corrected chi connectivity index (χ2v) is 6.47. The molecule has 0 radical (unpaired) electrons. The summed E-state index contributed by atoms with van der Waals surface area (Å²) in [5, 5.41) is 6.57. The third-order valence-corrected chi connectivity index (χ3v) is 4.49. The van der Waals surface area contributed by atoms with Crippen LogP contribution in [0.5, 0.6) is 0 Å². The molecule has 1 amide bonds. The Balaban J connectivity index is 1.79. The predicted molar refractivity (Wildman–Crippen MR) is 108 cm³/mol. The van der Waals surface area contributed by atoms with Crippen molar-refractivity contribution in [3.8, 4) is 0 Å². The van der Waals surface area contributed by atoms with Crippen molar-refractivity contribution in [1.82, 2.24) is 4.98 Å². The standard InChI is InChI=1S/C21H18ClN3O2/c1-13-18(22)7-4-8-19(13)25-21(27)16-9-10-23-20(12-16)24-17-6-3-5-15(11-17)14(2)26/h3-12H,1-2H3,(H,23,24)(H,25,27). The van der Waals surface area contributed by atoms with E-state index in [0.29, 0.717) is 27.7 Å².